The number of hydrogen-bond donors (Lipinski definition) is 3. The van der Waals surface area contributed by atoms with Crippen molar-refractivity contribution in [2.24, 2.45) is 0 Å². The van der Waals surface area contributed by atoms with Crippen LogP contribution in [0.5, 0.6) is 23.1 Å². The highest BCUT2D eigenvalue weighted by atomic mass is 16.6. The molecule has 0 saturated heterocycles. The van der Waals surface area contributed by atoms with Crippen molar-refractivity contribution in [3.63, 3.8) is 0 Å². The van der Waals surface area contributed by atoms with Crippen LogP contribution in [0.1, 0.15) is 32.0 Å². The van der Waals surface area contributed by atoms with Crippen molar-refractivity contribution in [1.29, 1.82) is 0 Å². The number of fused-ring (bicyclic) bond motifs is 1. The molecule has 6 rings (SSSR count). The van der Waals surface area contributed by atoms with Crippen LogP contribution >= 0.6 is 0 Å². The SMILES string of the molecule is COCCOCCOCCOc1cc(Nc2nccc(Oc3ccc(NC(=O)Nc4cc(C(C)(C)C)nn4-c4ccc(C)cc4)c4ccccc34)n2)cc(OC)c1. The number of aromatic nitrogens is 4. The largest absolute Gasteiger partial charge is 0.497 e. The predicted molar refractivity (Wildman–Crippen MR) is 221 cm³/mol. The summed E-state index contributed by atoms with van der Waals surface area (Å²) in [5.41, 5.74) is 3.87. The van der Waals surface area contributed by atoms with E-state index in [9.17, 15) is 4.79 Å². The van der Waals surface area contributed by atoms with Gasteiger partial charge in [-0.3, -0.25) is 5.32 Å². The maximum absolute atomic E-state index is 13.5. The summed E-state index contributed by atoms with van der Waals surface area (Å²) in [6.45, 7) is 11.1. The van der Waals surface area contributed by atoms with Crippen LogP contribution in [0.4, 0.5) is 27.9 Å². The molecule has 0 aliphatic carbocycles. The third-order valence-corrected chi connectivity index (χ3v) is 8.65. The number of urea groups is 1. The van der Waals surface area contributed by atoms with Gasteiger partial charge in [0.1, 0.15) is 29.7 Å². The Morgan fingerprint density at radius 3 is 2.23 bits per heavy atom. The van der Waals surface area contributed by atoms with Crippen LogP contribution in [0.15, 0.2) is 97.2 Å². The molecule has 0 bridgehead atoms. The fraction of sp³-hybridized carbons (Fsp3) is 0.302. The van der Waals surface area contributed by atoms with Crippen molar-refractivity contribution in [3.8, 4) is 28.8 Å². The van der Waals surface area contributed by atoms with Gasteiger partial charge in [0.05, 0.1) is 57.2 Å². The van der Waals surface area contributed by atoms with Gasteiger partial charge in [0.15, 0.2) is 0 Å². The molecule has 0 atom stereocenters. The van der Waals surface area contributed by atoms with Crippen LogP contribution in [0.25, 0.3) is 16.5 Å². The van der Waals surface area contributed by atoms with Crippen LogP contribution in [-0.2, 0) is 19.6 Å². The highest BCUT2D eigenvalue weighted by Gasteiger charge is 2.22. The standard InChI is InChI=1S/C43H49N7O7/c1-29-11-13-31(14-12-29)50-39(28-38(49-50)43(2,3)4)47-42(51)46-36-15-16-37(35-10-8-7-9-34(35)36)57-40-17-18-44-41(48-40)45-30-25-32(53-6)27-33(26-30)56-24-23-55-22-21-54-20-19-52-5/h7-18,25-28H,19-24H2,1-6H3,(H,44,45,48)(H2,46,47,51). The summed E-state index contributed by atoms with van der Waals surface area (Å²) in [4.78, 5) is 22.5. The number of nitrogens with one attached hydrogen (secondary N) is 3. The Hall–Kier alpha value is -6.22. The van der Waals surface area contributed by atoms with Crippen LogP contribution in [-0.4, -0.2) is 79.6 Å². The minimum Gasteiger partial charge on any atom is -0.497 e. The second-order valence-electron chi connectivity index (χ2n) is 14.1. The number of ether oxygens (including phenoxy) is 6. The fourth-order valence-corrected chi connectivity index (χ4v) is 5.69. The molecule has 2 heterocycles. The number of carbonyl (C=O) groups excluding carboxylic acids is 1. The molecule has 3 N–H and O–H groups in total. The normalized spacial score (nSPS) is 11.3. The second kappa shape index (κ2) is 19.1. The Morgan fingerprint density at radius 1 is 0.772 bits per heavy atom. The molecule has 0 spiro atoms. The molecule has 57 heavy (non-hydrogen) atoms. The number of nitrogens with zero attached hydrogens (tertiary/aromatic N) is 4. The average molecular weight is 776 g/mol. The summed E-state index contributed by atoms with van der Waals surface area (Å²) in [6.07, 6.45) is 1.60. The highest BCUT2D eigenvalue weighted by Crippen LogP contribution is 2.35. The highest BCUT2D eigenvalue weighted by molar-refractivity contribution is 6.07. The van der Waals surface area contributed by atoms with E-state index in [1.54, 1.807) is 49.4 Å². The molecule has 0 unspecified atom stereocenters. The Morgan fingerprint density at radius 2 is 1.49 bits per heavy atom. The molecule has 0 radical (unpaired) electrons. The van der Waals surface area contributed by atoms with Crippen molar-refractivity contribution in [3.05, 3.63) is 108 Å². The van der Waals surface area contributed by atoms with Gasteiger partial charge in [-0.2, -0.15) is 10.1 Å². The molecule has 0 fully saturated rings. The van der Waals surface area contributed by atoms with E-state index >= 15 is 0 Å². The van der Waals surface area contributed by atoms with Gasteiger partial charge in [-0.25, -0.2) is 14.5 Å². The van der Waals surface area contributed by atoms with Gasteiger partial charge in [0.25, 0.3) is 0 Å². The van der Waals surface area contributed by atoms with Crippen molar-refractivity contribution in [1.82, 2.24) is 19.7 Å². The van der Waals surface area contributed by atoms with E-state index in [1.165, 1.54) is 0 Å². The van der Waals surface area contributed by atoms with Crippen molar-refractivity contribution >= 4 is 39.9 Å². The lowest BCUT2D eigenvalue weighted by Crippen LogP contribution is -2.21. The smallest absolute Gasteiger partial charge is 0.324 e. The summed E-state index contributed by atoms with van der Waals surface area (Å²) in [7, 11) is 3.22. The molecule has 0 aliphatic heterocycles. The molecule has 0 saturated carbocycles. The number of aryl methyl sites for hydroxylation is 1. The number of hydrogen-bond acceptors (Lipinski definition) is 11. The van der Waals surface area contributed by atoms with Crippen molar-refractivity contribution in [2.45, 2.75) is 33.1 Å². The summed E-state index contributed by atoms with van der Waals surface area (Å²) in [6, 6.07) is 27.8. The molecule has 4 aromatic carbocycles. The van der Waals surface area contributed by atoms with Gasteiger partial charge in [0, 0.05) is 65.5 Å². The molecular weight excluding hydrogens is 727 g/mol. The summed E-state index contributed by atoms with van der Waals surface area (Å²) in [5.74, 6) is 2.91. The lowest BCUT2D eigenvalue weighted by molar-refractivity contribution is 0.0179. The van der Waals surface area contributed by atoms with E-state index in [-0.39, 0.29) is 5.41 Å². The first-order valence-electron chi connectivity index (χ1n) is 18.6. The second-order valence-corrected chi connectivity index (χ2v) is 14.1. The molecule has 2 aromatic heterocycles. The van der Waals surface area contributed by atoms with E-state index in [1.807, 2.05) is 73.7 Å². The summed E-state index contributed by atoms with van der Waals surface area (Å²) < 4.78 is 35.4. The van der Waals surface area contributed by atoms with E-state index in [0.717, 1.165) is 27.7 Å². The maximum atomic E-state index is 13.5. The molecular formula is C43H49N7O7. The van der Waals surface area contributed by atoms with Gasteiger partial charge in [-0.1, -0.05) is 62.7 Å². The zero-order valence-electron chi connectivity index (χ0n) is 33.1. The quantitative estimate of drug-likeness (QED) is 0.0720. The van der Waals surface area contributed by atoms with Crippen LogP contribution < -0.4 is 30.2 Å². The van der Waals surface area contributed by atoms with E-state index in [0.29, 0.717) is 85.9 Å². The number of benzene rings is 4. The van der Waals surface area contributed by atoms with E-state index in [2.05, 4.69) is 46.7 Å². The van der Waals surface area contributed by atoms with E-state index < -0.39 is 6.03 Å². The Kier molecular flexibility index (Phi) is 13.5. The number of methoxy groups -OCH3 is 2. The summed E-state index contributed by atoms with van der Waals surface area (Å²) >= 11 is 0. The van der Waals surface area contributed by atoms with Crippen molar-refractivity contribution in [2.75, 3.05) is 69.8 Å². The van der Waals surface area contributed by atoms with Gasteiger partial charge in [0.2, 0.25) is 11.8 Å². The number of rotatable bonds is 18. The van der Waals surface area contributed by atoms with Gasteiger partial charge in [-0.15, -0.1) is 0 Å². The molecule has 298 valence electrons. The average Bonchev–Trinajstić information content (AvgIpc) is 3.63. The van der Waals surface area contributed by atoms with Crippen LogP contribution in [0.3, 0.4) is 0 Å². The van der Waals surface area contributed by atoms with Gasteiger partial charge >= 0.3 is 6.03 Å². The fourth-order valence-electron chi connectivity index (χ4n) is 5.69. The molecule has 2 amide bonds. The van der Waals surface area contributed by atoms with Gasteiger partial charge in [-0.05, 0) is 31.2 Å². The topological polar surface area (TPSA) is 152 Å². The Bertz CT molecular complexity index is 2250. The minimum atomic E-state index is -0.409. The monoisotopic (exact) mass is 775 g/mol. The van der Waals surface area contributed by atoms with Gasteiger partial charge < -0.3 is 39.1 Å². The van der Waals surface area contributed by atoms with E-state index in [4.69, 9.17) is 33.5 Å². The zero-order chi connectivity index (χ0) is 40.2. The first kappa shape index (κ1) is 40.4. The first-order valence-corrected chi connectivity index (χ1v) is 18.6. The number of carbonyl (C=O) groups is 1. The maximum Gasteiger partial charge on any atom is 0.324 e. The molecule has 14 heteroatoms. The zero-order valence-corrected chi connectivity index (χ0v) is 33.1. The van der Waals surface area contributed by atoms with Crippen LogP contribution in [0.2, 0.25) is 0 Å². The lowest BCUT2D eigenvalue weighted by Gasteiger charge is -2.14. The summed E-state index contributed by atoms with van der Waals surface area (Å²) in [5, 5.41) is 15.6. The number of anilines is 4. The Labute approximate surface area is 332 Å². The lowest BCUT2D eigenvalue weighted by atomic mass is 9.92. The third-order valence-electron chi connectivity index (χ3n) is 8.65. The minimum absolute atomic E-state index is 0.222. The van der Waals surface area contributed by atoms with Crippen LogP contribution in [0, 0.1) is 6.92 Å². The number of amides is 2. The first-order chi connectivity index (χ1) is 27.6. The predicted octanol–water partition coefficient (Wildman–Crippen LogP) is 8.67. The Balaban J connectivity index is 1.12. The molecule has 6 aromatic rings. The third kappa shape index (κ3) is 11.2. The molecule has 0 aliphatic rings. The van der Waals surface area contributed by atoms with Crippen molar-refractivity contribution < 1.29 is 33.2 Å². The molecule has 14 nitrogen and oxygen atoms in total.